The summed E-state index contributed by atoms with van der Waals surface area (Å²) >= 11 is 0. The number of anilines is 1. The highest BCUT2D eigenvalue weighted by Crippen LogP contribution is 2.34. The lowest BCUT2D eigenvalue weighted by Gasteiger charge is -2.22. The van der Waals surface area contributed by atoms with Gasteiger partial charge in [0, 0.05) is 12.6 Å². The van der Waals surface area contributed by atoms with Gasteiger partial charge in [-0.05, 0) is 38.4 Å². The van der Waals surface area contributed by atoms with Crippen molar-refractivity contribution in [2.24, 2.45) is 5.92 Å². The predicted molar refractivity (Wildman–Crippen MR) is 94.8 cm³/mol. The zero-order valence-electron chi connectivity index (χ0n) is 14.1. The number of piperidine rings is 1. The number of benzene rings is 1. The van der Waals surface area contributed by atoms with E-state index in [1.807, 2.05) is 0 Å². The zero-order valence-corrected chi connectivity index (χ0v) is 15.0. The maximum Gasteiger partial charge on any atom is 0.418 e. The van der Waals surface area contributed by atoms with E-state index in [0.717, 1.165) is 30.1 Å². The molecule has 0 saturated carbocycles. The van der Waals surface area contributed by atoms with E-state index in [0.29, 0.717) is 12.2 Å². The Hall–Kier alpha value is -2.06. The van der Waals surface area contributed by atoms with Crippen molar-refractivity contribution in [2.75, 3.05) is 18.4 Å². The molecule has 2 aromatic rings. The second-order valence-corrected chi connectivity index (χ2v) is 6.13. The molecule has 1 atom stereocenters. The monoisotopic (exact) mass is 388 g/mol. The Morgan fingerprint density at radius 1 is 1.35 bits per heavy atom. The molecule has 0 bridgehead atoms. The van der Waals surface area contributed by atoms with E-state index in [9.17, 15) is 18.0 Å². The molecule has 1 fully saturated rings. The number of rotatable bonds is 3. The number of aromatic nitrogens is 2. The number of aryl methyl sites for hydroxylation is 1. The molecular formula is C17H20ClF3N4O. The fraction of sp³-hybridized carbons (Fsp3) is 0.412. The van der Waals surface area contributed by atoms with Gasteiger partial charge in [-0.2, -0.15) is 18.3 Å². The largest absolute Gasteiger partial charge is 0.418 e. The van der Waals surface area contributed by atoms with E-state index in [-0.39, 0.29) is 35.7 Å². The van der Waals surface area contributed by atoms with Crippen molar-refractivity contribution < 1.29 is 18.0 Å². The second-order valence-electron chi connectivity index (χ2n) is 6.13. The summed E-state index contributed by atoms with van der Waals surface area (Å²) in [5.41, 5.74) is -0.387. The maximum atomic E-state index is 13.3. The predicted octanol–water partition coefficient (Wildman–Crippen LogP) is 3.56. The lowest BCUT2D eigenvalue weighted by molar-refractivity contribution is -0.137. The number of carbonyl (C=O) groups is 1. The Morgan fingerprint density at radius 3 is 2.73 bits per heavy atom. The molecule has 142 valence electrons. The maximum absolute atomic E-state index is 13.3. The smallest absolute Gasteiger partial charge is 0.316 e. The van der Waals surface area contributed by atoms with E-state index in [1.165, 1.54) is 18.2 Å². The molecule has 1 aliphatic rings. The molecule has 1 aliphatic heterocycles. The molecule has 0 spiro atoms. The highest BCUT2D eigenvalue weighted by Gasteiger charge is 2.34. The Bertz CT molecular complexity index is 770. The summed E-state index contributed by atoms with van der Waals surface area (Å²) in [7, 11) is 0. The lowest BCUT2D eigenvalue weighted by Crippen LogP contribution is -2.37. The van der Waals surface area contributed by atoms with Crippen LogP contribution in [0.25, 0.3) is 5.69 Å². The number of carbonyl (C=O) groups excluding carboxylic acids is 1. The van der Waals surface area contributed by atoms with Crippen LogP contribution in [0.15, 0.2) is 30.3 Å². The van der Waals surface area contributed by atoms with Crippen LogP contribution >= 0.6 is 12.4 Å². The number of hydrogen-bond donors (Lipinski definition) is 2. The van der Waals surface area contributed by atoms with Gasteiger partial charge in [-0.1, -0.05) is 12.1 Å². The van der Waals surface area contributed by atoms with Gasteiger partial charge in [-0.15, -0.1) is 12.4 Å². The highest BCUT2D eigenvalue weighted by atomic mass is 35.5. The molecule has 1 aromatic heterocycles. The number of nitrogens with one attached hydrogen (secondary N) is 2. The van der Waals surface area contributed by atoms with E-state index < -0.39 is 11.7 Å². The van der Waals surface area contributed by atoms with E-state index in [1.54, 1.807) is 13.0 Å². The van der Waals surface area contributed by atoms with Crippen LogP contribution in [-0.2, 0) is 11.0 Å². The van der Waals surface area contributed by atoms with Gasteiger partial charge in [0.1, 0.15) is 5.82 Å². The van der Waals surface area contributed by atoms with Crippen molar-refractivity contribution >= 4 is 24.1 Å². The third kappa shape index (κ3) is 4.37. The second kappa shape index (κ2) is 8.09. The van der Waals surface area contributed by atoms with Crippen molar-refractivity contribution in [3.63, 3.8) is 0 Å². The summed E-state index contributed by atoms with van der Waals surface area (Å²) in [6.45, 7) is 3.11. The minimum absolute atomic E-state index is 0. The first-order valence-corrected chi connectivity index (χ1v) is 8.11. The molecule has 1 saturated heterocycles. The van der Waals surface area contributed by atoms with Crippen LogP contribution in [0, 0.1) is 12.8 Å². The molecular weight excluding hydrogens is 369 g/mol. The molecule has 2 N–H and O–H groups in total. The molecule has 1 amide bonds. The van der Waals surface area contributed by atoms with Crippen LogP contribution in [0.3, 0.4) is 0 Å². The normalized spacial score (nSPS) is 17.5. The van der Waals surface area contributed by atoms with Gasteiger partial charge in [0.15, 0.2) is 0 Å². The topological polar surface area (TPSA) is 59.0 Å². The van der Waals surface area contributed by atoms with Crippen LogP contribution in [0.1, 0.15) is 24.1 Å². The summed E-state index contributed by atoms with van der Waals surface area (Å²) in [6.07, 6.45) is -2.86. The van der Waals surface area contributed by atoms with Crippen molar-refractivity contribution in [3.05, 3.63) is 41.6 Å². The van der Waals surface area contributed by atoms with Crippen LogP contribution in [0.5, 0.6) is 0 Å². The third-order valence-corrected chi connectivity index (χ3v) is 4.19. The molecule has 0 aliphatic carbocycles. The van der Waals surface area contributed by atoms with Crippen LogP contribution in [0.4, 0.5) is 19.0 Å². The molecule has 2 heterocycles. The van der Waals surface area contributed by atoms with Crippen LogP contribution < -0.4 is 10.6 Å². The molecule has 5 nitrogen and oxygen atoms in total. The first-order valence-electron chi connectivity index (χ1n) is 8.11. The van der Waals surface area contributed by atoms with E-state index in [4.69, 9.17) is 0 Å². The fourth-order valence-electron chi connectivity index (χ4n) is 2.97. The zero-order chi connectivity index (χ0) is 18.0. The molecule has 3 rings (SSSR count). The summed E-state index contributed by atoms with van der Waals surface area (Å²) in [5.74, 6) is -0.169. The Labute approximate surface area is 155 Å². The molecule has 1 aromatic carbocycles. The Morgan fingerprint density at radius 2 is 2.08 bits per heavy atom. The average molecular weight is 389 g/mol. The molecule has 0 radical (unpaired) electrons. The Balaban J connectivity index is 0.00000243. The number of amides is 1. The lowest BCUT2D eigenvalue weighted by atomic mass is 9.99. The molecule has 1 unspecified atom stereocenters. The number of alkyl halides is 3. The van der Waals surface area contributed by atoms with Gasteiger partial charge in [-0.25, -0.2) is 4.68 Å². The van der Waals surface area contributed by atoms with Crippen molar-refractivity contribution in [3.8, 4) is 5.69 Å². The fourth-order valence-corrected chi connectivity index (χ4v) is 2.97. The molecule has 9 heteroatoms. The summed E-state index contributed by atoms with van der Waals surface area (Å²) in [5, 5.41) is 10.0. The number of nitrogens with zero attached hydrogens (tertiary/aromatic N) is 2. The van der Waals surface area contributed by atoms with Crippen molar-refractivity contribution in [2.45, 2.75) is 25.9 Å². The van der Waals surface area contributed by atoms with Gasteiger partial charge in [0.05, 0.1) is 22.9 Å². The first-order chi connectivity index (χ1) is 11.9. The minimum atomic E-state index is -4.51. The van der Waals surface area contributed by atoms with Gasteiger partial charge in [0.25, 0.3) is 0 Å². The van der Waals surface area contributed by atoms with Gasteiger partial charge < -0.3 is 10.6 Å². The first kappa shape index (κ1) is 20.3. The van der Waals surface area contributed by atoms with Crippen molar-refractivity contribution in [1.29, 1.82) is 0 Å². The quantitative estimate of drug-likeness (QED) is 0.845. The van der Waals surface area contributed by atoms with Gasteiger partial charge >= 0.3 is 6.18 Å². The number of hydrogen-bond acceptors (Lipinski definition) is 3. The van der Waals surface area contributed by atoms with Gasteiger partial charge in [0.2, 0.25) is 5.91 Å². The Kier molecular flexibility index (Phi) is 6.30. The van der Waals surface area contributed by atoms with E-state index >= 15 is 0 Å². The number of halogens is 4. The average Bonchev–Trinajstić information content (AvgIpc) is 2.95. The van der Waals surface area contributed by atoms with Crippen LogP contribution in [-0.4, -0.2) is 28.8 Å². The van der Waals surface area contributed by atoms with Crippen LogP contribution in [0.2, 0.25) is 0 Å². The standard InChI is InChI=1S/C17H19F3N4O.ClH/c1-11-9-15(22-16(25)12-5-4-8-21-10-12)24(23-11)14-7-3-2-6-13(14)17(18,19)20;/h2-3,6-7,9,12,21H,4-5,8,10H2,1H3,(H,22,25);1H. The summed E-state index contributed by atoms with van der Waals surface area (Å²) in [4.78, 5) is 12.4. The van der Waals surface area contributed by atoms with Gasteiger partial charge in [-0.3, -0.25) is 4.79 Å². The number of para-hydroxylation sites is 1. The molecule has 26 heavy (non-hydrogen) atoms. The highest BCUT2D eigenvalue weighted by molar-refractivity contribution is 5.92. The van der Waals surface area contributed by atoms with Crippen molar-refractivity contribution in [1.82, 2.24) is 15.1 Å². The minimum Gasteiger partial charge on any atom is -0.316 e. The summed E-state index contributed by atoms with van der Waals surface area (Å²) in [6, 6.07) is 6.75. The third-order valence-electron chi connectivity index (χ3n) is 4.19. The SMILES string of the molecule is Cc1cc(NC(=O)C2CCCNC2)n(-c2ccccc2C(F)(F)F)n1.Cl. The van der Waals surface area contributed by atoms with E-state index in [2.05, 4.69) is 15.7 Å². The summed E-state index contributed by atoms with van der Waals surface area (Å²) < 4.78 is 41.0.